The van der Waals surface area contributed by atoms with Crippen LogP contribution in [0.5, 0.6) is 0 Å². The number of carbonyl (C=O) groups is 1. The second-order valence-corrected chi connectivity index (χ2v) is 3.78. The Morgan fingerprint density at radius 1 is 1.50 bits per heavy atom. The maximum absolute atomic E-state index is 11.4. The van der Waals surface area contributed by atoms with Crippen LogP contribution in [0.15, 0.2) is 36.4 Å². The van der Waals surface area contributed by atoms with Gasteiger partial charge in [0.2, 0.25) is 5.91 Å². The molecule has 16 heavy (non-hydrogen) atoms. The van der Waals surface area contributed by atoms with Crippen molar-refractivity contribution >= 4 is 17.3 Å². The molecule has 0 saturated heterocycles. The summed E-state index contributed by atoms with van der Waals surface area (Å²) in [7, 11) is 3.89. The van der Waals surface area contributed by atoms with Crippen LogP contribution >= 0.6 is 0 Å². The predicted octanol–water partition coefficient (Wildman–Crippen LogP) is 1.33. The summed E-state index contributed by atoms with van der Waals surface area (Å²) >= 11 is 0. The first-order valence-corrected chi connectivity index (χ1v) is 5.06. The highest BCUT2D eigenvalue weighted by atomic mass is 16.1. The molecule has 1 aromatic rings. The molecule has 86 valence electrons. The largest absolute Gasteiger partial charge is 0.399 e. The number of nitrogens with one attached hydrogen (secondary N) is 1. The molecule has 0 fully saturated rings. The molecule has 0 bridgehead atoms. The number of rotatable bonds is 4. The second-order valence-electron chi connectivity index (χ2n) is 3.78. The molecule has 0 aliphatic rings. The lowest BCUT2D eigenvalue weighted by atomic mass is 10.3. The van der Waals surface area contributed by atoms with Gasteiger partial charge in [-0.1, -0.05) is 12.1 Å². The summed E-state index contributed by atoms with van der Waals surface area (Å²) in [6.45, 7) is 0.740. The van der Waals surface area contributed by atoms with Crippen LogP contribution in [0.25, 0.3) is 0 Å². The zero-order valence-corrected chi connectivity index (χ0v) is 9.60. The smallest absolute Gasteiger partial charge is 0.248 e. The van der Waals surface area contributed by atoms with Crippen molar-refractivity contribution in [1.29, 1.82) is 0 Å². The van der Waals surface area contributed by atoms with Gasteiger partial charge in [0.05, 0.1) is 0 Å². The van der Waals surface area contributed by atoms with Gasteiger partial charge in [0.1, 0.15) is 0 Å². The van der Waals surface area contributed by atoms with E-state index in [0.29, 0.717) is 11.4 Å². The molecule has 0 radical (unpaired) electrons. The maximum atomic E-state index is 11.4. The van der Waals surface area contributed by atoms with Crippen molar-refractivity contribution in [3.05, 3.63) is 36.4 Å². The maximum Gasteiger partial charge on any atom is 0.248 e. The molecule has 0 atom stereocenters. The van der Waals surface area contributed by atoms with Gasteiger partial charge in [0.15, 0.2) is 0 Å². The Hall–Kier alpha value is -1.81. The fraction of sp³-hybridized carbons (Fsp3) is 0.250. The molecule has 0 saturated carbocycles. The number of nitrogens with zero attached hydrogens (tertiary/aromatic N) is 1. The summed E-state index contributed by atoms with van der Waals surface area (Å²) in [6, 6.07) is 7.09. The number of hydrogen-bond donors (Lipinski definition) is 2. The fourth-order valence-corrected chi connectivity index (χ4v) is 1.17. The first kappa shape index (κ1) is 12.3. The molecule has 0 aliphatic carbocycles. The van der Waals surface area contributed by atoms with E-state index in [1.807, 2.05) is 25.1 Å². The van der Waals surface area contributed by atoms with E-state index in [9.17, 15) is 4.79 Å². The van der Waals surface area contributed by atoms with Gasteiger partial charge in [-0.3, -0.25) is 4.79 Å². The van der Waals surface area contributed by atoms with Crippen LogP contribution in [0.4, 0.5) is 11.4 Å². The third-order valence-electron chi connectivity index (χ3n) is 1.89. The molecule has 1 aromatic carbocycles. The van der Waals surface area contributed by atoms with Crippen LogP contribution in [-0.4, -0.2) is 31.4 Å². The zero-order chi connectivity index (χ0) is 12.0. The highest BCUT2D eigenvalue weighted by Crippen LogP contribution is 2.11. The van der Waals surface area contributed by atoms with Crippen LogP contribution in [0.2, 0.25) is 0 Å². The van der Waals surface area contributed by atoms with Gasteiger partial charge in [0, 0.05) is 24.0 Å². The number of nitrogens with two attached hydrogens (primary N) is 1. The van der Waals surface area contributed by atoms with Crippen molar-refractivity contribution in [3.8, 4) is 0 Å². The third-order valence-corrected chi connectivity index (χ3v) is 1.89. The lowest BCUT2D eigenvalue weighted by Gasteiger charge is -2.04. The number of nitrogen functional groups attached to an aromatic ring is 1. The third kappa shape index (κ3) is 4.61. The van der Waals surface area contributed by atoms with E-state index < -0.39 is 0 Å². The van der Waals surface area contributed by atoms with Gasteiger partial charge < -0.3 is 16.0 Å². The summed E-state index contributed by atoms with van der Waals surface area (Å²) < 4.78 is 0. The standard InChI is InChI=1S/C12H17N3O/c1-15(2)8-4-7-12(16)14-11-6-3-5-10(13)9-11/h3-7,9H,8,13H2,1-2H3,(H,14,16)/b7-4+. The quantitative estimate of drug-likeness (QED) is 0.593. The Morgan fingerprint density at radius 2 is 2.25 bits per heavy atom. The van der Waals surface area contributed by atoms with Crippen molar-refractivity contribution in [3.63, 3.8) is 0 Å². The SMILES string of the molecule is CN(C)C/C=C/C(=O)Nc1cccc(N)c1. The molecule has 0 heterocycles. The van der Waals surface area contributed by atoms with Gasteiger partial charge in [-0.2, -0.15) is 0 Å². The van der Waals surface area contributed by atoms with Crippen molar-refractivity contribution in [2.75, 3.05) is 31.7 Å². The first-order chi connectivity index (χ1) is 7.58. The zero-order valence-electron chi connectivity index (χ0n) is 9.60. The lowest BCUT2D eigenvalue weighted by molar-refractivity contribution is -0.111. The van der Waals surface area contributed by atoms with Gasteiger partial charge >= 0.3 is 0 Å². The number of hydrogen-bond acceptors (Lipinski definition) is 3. The number of likely N-dealkylation sites (N-methyl/N-ethyl adjacent to an activating group) is 1. The molecule has 1 amide bonds. The second kappa shape index (κ2) is 5.92. The molecule has 0 aromatic heterocycles. The fourth-order valence-electron chi connectivity index (χ4n) is 1.17. The first-order valence-electron chi connectivity index (χ1n) is 5.06. The van der Waals surface area contributed by atoms with Gasteiger partial charge in [-0.25, -0.2) is 0 Å². The van der Waals surface area contributed by atoms with E-state index in [1.165, 1.54) is 6.08 Å². The van der Waals surface area contributed by atoms with Gasteiger partial charge in [0.25, 0.3) is 0 Å². The monoisotopic (exact) mass is 219 g/mol. The highest BCUT2D eigenvalue weighted by molar-refractivity contribution is 5.99. The van der Waals surface area contributed by atoms with Crippen molar-refractivity contribution in [2.24, 2.45) is 0 Å². The van der Waals surface area contributed by atoms with Crippen LogP contribution in [-0.2, 0) is 4.79 Å². The van der Waals surface area contributed by atoms with Crippen LogP contribution in [0.1, 0.15) is 0 Å². The summed E-state index contributed by atoms with van der Waals surface area (Å²) in [5, 5.41) is 2.73. The van der Waals surface area contributed by atoms with E-state index >= 15 is 0 Å². The van der Waals surface area contributed by atoms with Crippen LogP contribution < -0.4 is 11.1 Å². The molecule has 0 unspecified atom stereocenters. The summed E-state index contributed by atoms with van der Waals surface area (Å²) in [5.74, 6) is -0.146. The average molecular weight is 219 g/mol. The van der Waals surface area contributed by atoms with E-state index in [-0.39, 0.29) is 5.91 Å². The van der Waals surface area contributed by atoms with Crippen LogP contribution in [0, 0.1) is 0 Å². The topological polar surface area (TPSA) is 58.4 Å². The normalized spacial score (nSPS) is 10.9. The Kier molecular flexibility index (Phi) is 4.54. The van der Waals surface area contributed by atoms with Crippen molar-refractivity contribution in [2.45, 2.75) is 0 Å². The van der Waals surface area contributed by atoms with Crippen LogP contribution in [0.3, 0.4) is 0 Å². The summed E-state index contributed by atoms with van der Waals surface area (Å²) in [5.41, 5.74) is 6.94. The lowest BCUT2D eigenvalue weighted by Crippen LogP contribution is -2.12. The van der Waals surface area contributed by atoms with Crippen molar-refractivity contribution < 1.29 is 4.79 Å². The minimum absolute atomic E-state index is 0.146. The molecule has 0 spiro atoms. The Morgan fingerprint density at radius 3 is 2.88 bits per heavy atom. The Bertz CT molecular complexity index is 386. The minimum Gasteiger partial charge on any atom is -0.399 e. The predicted molar refractivity (Wildman–Crippen MR) is 67.2 cm³/mol. The molecule has 3 N–H and O–H groups in total. The Balaban J connectivity index is 2.48. The summed E-state index contributed by atoms with van der Waals surface area (Å²) in [4.78, 5) is 13.4. The van der Waals surface area contributed by atoms with Crippen molar-refractivity contribution in [1.82, 2.24) is 4.90 Å². The molecule has 1 rings (SSSR count). The minimum atomic E-state index is -0.146. The molecule has 0 aliphatic heterocycles. The Labute approximate surface area is 95.7 Å². The molecular formula is C12H17N3O. The number of amides is 1. The van der Waals surface area contributed by atoms with E-state index in [4.69, 9.17) is 5.73 Å². The number of benzene rings is 1. The average Bonchev–Trinajstić information content (AvgIpc) is 2.16. The van der Waals surface area contributed by atoms with E-state index in [1.54, 1.807) is 24.3 Å². The summed E-state index contributed by atoms with van der Waals surface area (Å²) in [6.07, 6.45) is 3.32. The van der Waals surface area contributed by atoms with E-state index in [2.05, 4.69) is 5.32 Å². The highest BCUT2D eigenvalue weighted by Gasteiger charge is 1.97. The molecule has 4 nitrogen and oxygen atoms in total. The number of anilines is 2. The molecule has 4 heteroatoms. The number of carbonyl (C=O) groups excluding carboxylic acids is 1. The van der Waals surface area contributed by atoms with E-state index in [0.717, 1.165) is 6.54 Å². The molecular weight excluding hydrogens is 202 g/mol. The van der Waals surface area contributed by atoms with Gasteiger partial charge in [-0.15, -0.1) is 0 Å². The van der Waals surface area contributed by atoms with Gasteiger partial charge in [-0.05, 0) is 32.3 Å².